The van der Waals surface area contributed by atoms with Crippen molar-refractivity contribution < 1.29 is 9.59 Å². The highest BCUT2D eigenvalue weighted by molar-refractivity contribution is 6.00. The predicted molar refractivity (Wildman–Crippen MR) is 87.7 cm³/mol. The Morgan fingerprint density at radius 1 is 1.09 bits per heavy atom. The van der Waals surface area contributed by atoms with E-state index in [1.165, 1.54) is 6.20 Å². The highest BCUT2D eigenvalue weighted by Gasteiger charge is 2.07. The molecule has 0 aliphatic rings. The van der Waals surface area contributed by atoms with Gasteiger partial charge in [-0.25, -0.2) is 5.43 Å². The summed E-state index contributed by atoms with van der Waals surface area (Å²) in [7, 11) is 0. The van der Waals surface area contributed by atoms with E-state index in [-0.39, 0.29) is 18.0 Å². The highest BCUT2D eigenvalue weighted by atomic mass is 16.2. The number of benzene rings is 1. The molecule has 0 unspecified atom stereocenters. The summed E-state index contributed by atoms with van der Waals surface area (Å²) in [5.74, 6) is -0.558. The Labute approximate surface area is 134 Å². The zero-order valence-corrected chi connectivity index (χ0v) is 12.8. The van der Waals surface area contributed by atoms with Crippen molar-refractivity contribution in [2.45, 2.75) is 19.9 Å². The number of rotatable bonds is 6. The maximum atomic E-state index is 11.8. The lowest BCUT2D eigenvalue weighted by Gasteiger charge is -2.05. The van der Waals surface area contributed by atoms with Gasteiger partial charge in [-0.1, -0.05) is 36.4 Å². The van der Waals surface area contributed by atoms with E-state index in [1.54, 1.807) is 25.1 Å². The first kappa shape index (κ1) is 16.4. The maximum Gasteiger partial charge on any atom is 0.289 e. The monoisotopic (exact) mass is 310 g/mol. The second-order valence-electron chi connectivity index (χ2n) is 4.94. The van der Waals surface area contributed by atoms with Crippen LogP contribution in [-0.2, 0) is 11.3 Å². The Balaban J connectivity index is 1.78. The second kappa shape index (κ2) is 8.43. The minimum Gasteiger partial charge on any atom is -0.352 e. The molecule has 23 heavy (non-hydrogen) atoms. The van der Waals surface area contributed by atoms with Gasteiger partial charge >= 0.3 is 0 Å². The van der Waals surface area contributed by atoms with Gasteiger partial charge in [-0.3, -0.25) is 14.6 Å². The Morgan fingerprint density at radius 3 is 2.52 bits per heavy atom. The Hall–Kier alpha value is -3.02. The molecule has 2 amide bonds. The van der Waals surface area contributed by atoms with Crippen molar-refractivity contribution in [1.29, 1.82) is 0 Å². The number of hydrazone groups is 1. The van der Waals surface area contributed by atoms with Crippen LogP contribution in [0, 0.1) is 0 Å². The van der Waals surface area contributed by atoms with E-state index in [1.807, 2.05) is 30.3 Å². The minimum atomic E-state index is -0.408. The molecule has 0 fully saturated rings. The largest absolute Gasteiger partial charge is 0.352 e. The first-order valence-corrected chi connectivity index (χ1v) is 7.20. The van der Waals surface area contributed by atoms with E-state index < -0.39 is 5.91 Å². The van der Waals surface area contributed by atoms with Gasteiger partial charge in [0.15, 0.2) is 0 Å². The fourth-order valence-electron chi connectivity index (χ4n) is 1.83. The van der Waals surface area contributed by atoms with Crippen molar-refractivity contribution >= 4 is 17.5 Å². The number of aromatic nitrogens is 1. The molecule has 1 aromatic heterocycles. The summed E-state index contributed by atoms with van der Waals surface area (Å²) < 4.78 is 0. The summed E-state index contributed by atoms with van der Waals surface area (Å²) in [5, 5.41) is 6.72. The van der Waals surface area contributed by atoms with Gasteiger partial charge in [0.2, 0.25) is 5.91 Å². The summed E-state index contributed by atoms with van der Waals surface area (Å²) in [6, 6.07) is 14.7. The SMILES string of the molecule is C/C(CC(=O)NCc1ccccc1)=N\NC(=O)c1ccccn1. The number of amides is 2. The molecule has 2 N–H and O–H groups in total. The van der Waals surface area contributed by atoms with Gasteiger partial charge in [0.1, 0.15) is 5.69 Å². The third-order valence-corrected chi connectivity index (χ3v) is 2.99. The van der Waals surface area contributed by atoms with Crippen LogP contribution in [-0.4, -0.2) is 22.5 Å². The summed E-state index contributed by atoms with van der Waals surface area (Å²) in [6.07, 6.45) is 1.65. The number of carbonyl (C=O) groups is 2. The summed E-state index contributed by atoms with van der Waals surface area (Å²) >= 11 is 0. The van der Waals surface area contributed by atoms with E-state index in [9.17, 15) is 9.59 Å². The van der Waals surface area contributed by atoms with Gasteiger partial charge in [0.25, 0.3) is 5.91 Å². The third kappa shape index (κ3) is 5.70. The number of carbonyl (C=O) groups excluding carboxylic acids is 2. The molecule has 6 nitrogen and oxygen atoms in total. The van der Waals surface area contributed by atoms with Gasteiger partial charge in [-0.05, 0) is 24.6 Å². The Morgan fingerprint density at radius 2 is 1.83 bits per heavy atom. The minimum absolute atomic E-state index is 0.120. The molecule has 0 atom stereocenters. The van der Waals surface area contributed by atoms with Crippen LogP contribution in [0.3, 0.4) is 0 Å². The van der Waals surface area contributed by atoms with Crippen LogP contribution in [0.5, 0.6) is 0 Å². The average molecular weight is 310 g/mol. The topological polar surface area (TPSA) is 83.5 Å². The van der Waals surface area contributed by atoms with Crippen LogP contribution < -0.4 is 10.7 Å². The zero-order valence-electron chi connectivity index (χ0n) is 12.8. The van der Waals surface area contributed by atoms with Gasteiger partial charge in [-0.15, -0.1) is 0 Å². The number of hydrogen-bond acceptors (Lipinski definition) is 4. The highest BCUT2D eigenvalue weighted by Crippen LogP contribution is 1.98. The van der Waals surface area contributed by atoms with Gasteiger partial charge in [0.05, 0.1) is 6.42 Å². The molecule has 0 aliphatic carbocycles. The molecule has 0 radical (unpaired) electrons. The third-order valence-electron chi connectivity index (χ3n) is 2.99. The summed E-state index contributed by atoms with van der Waals surface area (Å²) in [6.45, 7) is 2.15. The van der Waals surface area contributed by atoms with Crippen LogP contribution in [0.1, 0.15) is 29.4 Å². The fraction of sp³-hybridized carbons (Fsp3) is 0.176. The van der Waals surface area contributed by atoms with Crippen LogP contribution in [0.15, 0.2) is 59.8 Å². The van der Waals surface area contributed by atoms with Crippen LogP contribution in [0.2, 0.25) is 0 Å². The van der Waals surface area contributed by atoms with Crippen molar-refractivity contribution in [2.24, 2.45) is 5.10 Å². The second-order valence-corrected chi connectivity index (χ2v) is 4.94. The smallest absolute Gasteiger partial charge is 0.289 e. The summed E-state index contributed by atoms with van der Waals surface area (Å²) in [5.41, 5.74) is 4.20. The van der Waals surface area contributed by atoms with E-state index >= 15 is 0 Å². The molecule has 1 aromatic carbocycles. The lowest BCUT2D eigenvalue weighted by atomic mass is 10.2. The fourth-order valence-corrected chi connectivity index (χ4v) is 1.83. The predicted octanol–water partition coefficient (Wildman–Crippen LogP) is 1.89. The van der Waals surface area contributed by atoms with Gasteiger partial charge in [-0.2, -0.15) is 5.10 Å². The maximum absolute atomic E-state index is 11.8. The van der Waals surface area contributed by atoms with E-state index in [0.29, 0.717) is 12.3 Å². The average Bonchev–Trinajstić information content (AvgIpc) is 2.59. The molecular weight excluding hydrogens is 292 g/mol. The molecule has 0 saturated carbocycles. The molecule has 1 heterocycles. The van der Waals surface area contributed by atoms with Crippen LogP contribution in [0.4, 0.5) is 0 Å². The Kier molecular flexibility index (Phi) is 5.99. The number of hydrogen-bond donors (Lipinski definition) is 2. The molecule has 118 valence electrons. The molecule has 6 heteroatoms. The number of nitrogens with zero attached hydrogens (tertiary/aromatic N) is 2. The van der Waals surface area contributed by atoms with Crippen molar-refractivity contribution in [3.63, 3.8) is 0 Å². The molecule has 0 aliphatic heterocycles. The molecule has 0 spiro atoms. The lowest BCUT2D eigenvalue weighted by molar-refractivity contribution is -0.120. The molecule has 2 rings (SSSR count). The zero-order chi connectivity index (χ0) is 16.5. The van der Waals surface area contributed by atoms with Gasteiger partial charge in [0, 0.05) is 18.5 Å². The number of pyridine rings is 1. The lowest BCUT2D eigenvalue weighted by Crippen LogP contribution is -2.26. The number of nitrogens with one attached hydrogen (secondary N) is 2. The molecule has 0 bridgehead atoms. The van der Waals surface area contributed by atoms with Gasteiger partial charge < -0.3 is 5.32 Å². The van der Waals surface area contributed by atoms with Crippen molar-refractivity contribution in [3.8, 4) is 0 Å². The first-order chi connectivity index (χ1) is 11.1. The quantitative estimate of drug-likeness (QED) is 0.631. The molecular formula is C17H18N4O2. The van der Waals surface area contributed by atoms with E-state index in [2.05, 4.69) is 20.8 Å². The van der Waals surface area contributed by atoms with Crippen LogP contribution in [0.25, 0.3) is 0 Å². The normalized spacial score (nSPS) is 10.9. The van der Waals surface area contributed by atoms with Crippen molar-refractivity contribution in [1.82, 2.24) is 15.7 Å². The molecule has 2 aromatic rings. The summed E-state index contributed by atoms with van der Waals surface area (Å²) in [4.78, 5) is 27.5. The Bertz CT molecular complexity index is 684. The first-order valence-electron chi connectivity index (χ1n) is 7.20. The van der Waals surface area contributed by atoms with E-state index in [4.69, 9.17) is 0 Å². The van der Waals surface area contributed by atoms with E-state index in [0.717, 1.165) is 5.56 Å². The molecule has 0 saturated heterocycles. The standard InChI is InChI=1S/C17H18N4O2/c1-13(20-21-17(23)15-9-5-6-10-18-15)11-16(22)19-12-14-7-3-2-4-8-14/h2-10H,11-12H2,1H3,(H,19,22)(H,21,23)/b20-13+. The van der Waals surface area contributed by atoms with Crippen molar-refractivity contribution in [3.05, 3.63) is 66.0 Å². The van der Waals surface area contributed by atoms with Crippen molar-refractivity contribution in [2.75, 3.05) is 0 Å². The van der Waals surface area contributed by atoms with Crippen LogP contribution >= 0.6 is 0 Å².